The molecule has 0 bridgehead atoms. The van der Waals surface area contributed by atoms with Crippen molar-refractivity contribution in [2.75, 3.05) is 5.73 Å². The minimum absolute atomic E-state index is 0.0989. The second-order valence-corrected chi connectivity index (χ2v) is 4.02. The highest BCUT2D eigenvalue weighted by molar-refractivity contribution is 7.23. The van der Waals surface area contributed by atoms with E-state index in [0.29, 0.717) is 9.66 Å². The zero-order valence-electron chi connectivity index (χ0n) is 7.24. The van der Waals surface area contributed by atoms with Gasteiger partial charge < -0.3 is 5.73 Å². The molecule has 0 atom stereocenters. The van der Waals surface area contributed by atoms with Crippen LogP contribution in [0.1, 0.15) is 0 Å². The summed E-state index contributed by atoms with van der Waals surface area (Å²) < 4.78 is 28.3. The van der Waals surface area contributed by atoms with Crippen LogP contribution in [0.4, 0.5) is 14.7 Å². The number of halogens is 2. The Labute approximate surface area is 86.0 Å². The van der Waals surface area contributed by atoms with Gasteiger partial charge in [0.25, 0.3) is 0 Å². The Morgan fingerprint density at radius 1 is 1.27 bits per heavy atom. The zero-order valence-corrected chi connectivity index (χ0v) is 8.05. The highest BCUT2D eigenvalue weighted by Crippen LogP contribution is 2.29. The molecular weight excluding hydrogens is 222 g/mol. The third kappa shape index (κ3) is 1.03. The van der Waals surface area contributed by atoms with E-state index >= 15 is 0 Å². The summed E-state index contributed by atoms with van der Waals surface area (Å²) in [6.45, 7) is 0. The highest BCUT2D eigenvalue weighted by Gasteiger charge is 2.14. The lowest BCUT2D eigenvalue weighted by atomic mass is 10.3. The lowest BCUT2D eigenvalue weighted by Gasteiger charge is -1.95. The minimum Gasteiger partial charge on any atom is -0.368 e. The Bertz CT molecular complexity index is 672. The van der Waals surface area contributed by atoms with Gasteiger partial charge in [-0.1, -0.05) is 11.3 Å². The number of rotatable bonds is 0. The molecule has 0 aliphatic carbocycles. The second kappa shape index (κ2) is 2.63. The van der Waals surface area contributed by atoms with Gasteiger partial charge in [0, 0.05) is 6.07 Å². The number of nitrogen functional groups attached to an aromatic ring is 1. The molecule has 3 rings (SSSR count). The summed E-state index contributed by atoms with van der Waals surface area (Å²) >= 11 is 1.14. The van der Waals surface area contributed by atoms with Gasteiger partial charge in [0.2, 0.25) is 10.9 Å². The molecule has 0 unspecified atom stereocenters. The van der Waals surface area contributed by atoms with Gasteiger partial charge in [-0.05, 0) is 6.07 Å². The average molecular weight is 226 g/mol. The summed E-state index contributed by atoms with van der Waals surface area (Å²) in [4.78, 5) is 0.451. The molecule has 3 aromatic rings. The monoisotopic (exact) mass is 226 g/mol. The number of benzene rings is 1. The Morgan fingerprint density at radius 3 is 2.87 bits per heavy atom. The van der Waals surface area contributed by atoms with Crippen LogP contribution in [0.25, 0.3) is 15.2 Å². The van der Waals surface area contributed by atoms with Gasteiger partial charge >= 0.3 is 0 Å². The SMILES string of the molecule is Nc1nnc2sc3cc(F)cc(F)c3n12. The standard InChI is InChI=1S/C8H4F2N4S/c9-3-1-4(10)6-5(2-3)15-8-13-12-7(11)14(6)8/h1-2H,(H2,11,12). The van der Waals surface area contributed by atoms with E-state index in [1.807, 2.05) is 0 Å². The van der Waals surface area contributed by atoms with Crippen LogP contribution in [0, 0.1) is 11.6 Å². The van der Waals surface area contributed by atoms with Crippen molar-refractivity contribution in [3.05, 3.63) is 23.8 Å². The first-order valence-corrected chi connectivity index (χ1v) is 4.86. The molecule has 15 heavy (non-hydrogen) atoms. The van der Waals surface area contributed by atoms with Crippen LogP contribution in [0.2, 0.25) is 0 Å². The third-order valence-electron chi connectivity index (χ3n) is 2.08. The molecule has 2 N–H and O–H groups in total. The molecule has 0 saturated carbocycles. The molecule has 76 valence electrons. The van der Waals surface area contributed by atoms with Crippen LogP contribution < -0.4 is 5.73 Å². The quantitative estimate of drug-likeness (QED) is 0.636. The van der Waals surface area contributed by atoms with Crippen molar-refractivity contribution in [2.24, 2.45) is 0 Å². The van der Waals surface area contributed by atoms with Gasteiger partial charge in [0.1, 0.15) is 11.3 Å². The van der Waals surface area contributed by atoms with E-state index in [0.717, 1.165) is 17.4 Å². The highest BCUT2D eigenvalue weighted by atomic mass is 32.1. The zero-order chi connectivity index (χ0) is 10.6. The van der Waals surface area contributed by atoms with E-state index in [-0.39, 0.29) is 11.5 Å². The van der Waals surface area contributed by atoms with Gasteiger partial charge in [-0.25, -0.2) is 13.2 Å². The minimum atomic E-state index is -0.664. The van der Waals surface area contributed by atoms with Crippen LogP contribution in [0.3, 0.4) is 0 Å². The molecule has 0 spiro atoms. The molecule has 2 heterocycles. The maximum atomic E-state index is 13.5. The van der Waals surface area contributed by atoms with Crippen molar-refractivity contribution in [3.8, 4) is 0 Å². The maximum Gasteiger partial charge on any atom is 0.227 e. The lowest BCUT2D eigenvalue weighted by molar-refractivity contribution is 0.590. The number of nitrogens with two attached hydrogens (primary N) is 1. The molecule has 0 aliphatic heterocycles. The van der Waals surface area contributed by atoms with Gasteiger partial charge in [0.15, 0.2) is 5.82 Å². The number of thiazole rings is 1. The predicted molar refractivity (Wildman–Crippen MR) is 52.7 cm³/mol. The average Bonchev–Trinajstić information content (AvgIpc) is 2.66. The number of fused-ring (bicyclic) bond motifs is 3. The van der Waals surface area contributed by atoms with Crippen LogP contribution >= 0.6 is 11.3 Å². The van der Waals surface area contributed by atoms with Crippen molar-refractivity contribution in [1.82, 2.24) is 14.6 Å². The second-order valence-electron chi connectivity index (χ2n) is 3.01. The summed E-state index contributed by atoms with van der Waals surface area (Å²) in [6.07, 6.45) is 0. The van der Waals surface area contributed by atoms with Crippen molar-refractivity contribution in [1.29, 1.82) is 0 Å². The number of hydrogen-bond acceptors (Lipinski definition) is 4. The first-order valence-electron chi connectivity index (χ1n) is 4.05. The predicted octanol–water partition coefficient (Wildman–Crippen LogP) is 1.80. The molecule has 1 aromatic carbocycles. The van der Waals surface area contributed by atoms with Gasteiger partial charge in [0.05, 0.1) is 4.70 Å². The van der Waals surface area contributed by atoms with E-state index in [4.69, 9.17) is 5.73 Å². The van der Waals surface area contributed by atoms with E-state index in [2.05, 4.69) is 10.2 Å². The molecule has 0 fully saturated rings. The first-order chi connectivity index (χ1) is 7.16. The van der Waals surface area contributed by atoms with Crippen molar-refractivity contribution in [2.45, 2.75) is 0 Å². The maximum absolute atomic E-state index is 13.5. The first kappa shape index (κ1) is 8.54. The molecule has 2 aromatic heterocycles. The van der Waals surface area contributed by atoms with Crippen molar-refractivity contribution in [3.63, 3.8) is 0 Å². The van der Waals surface area contributed by atoms with E-state index < -0.39 is 11.6 Å². The number of hydrogen-bond donors (Lipinski definition) is 1. The van der Waals surface area contributed by atoms with Crippen molar-refractivity contribution >= 4 is 32.5 Å². The molecule has 0 radical (unpaired) electrons. The smallest absolute Gasteiger partial charge is 0.227 e. The van der Waals surface area contributed by atoms with Crippen LogP contribution in [-0.4, -0.2) is 14.6 Å². The number of anilines is 1. The van der Waals surface area contributed by atoms with Crippen molar-refractivity contribution < 1.29 is 8.78 Å². The summed E-state index contributed by atoms with van der Waals surface area (Å²) in [5.74, 6) is -1.18. The van der Waals surface area contributed by atoms with Crippen LogP contribution in [-0.2, 0) is 0 Å². The van der Waals surface area contributed by atoms with E-state index in [9.17, 15) is 8.78 Å². The molecule has 0 saturated heterocycles. The molecular formula is C8H4F2N4S. The largest absolute Gasteiger partial charge is 0.368 e. The molecule has 0 aliphatic rings. The Balaban J connectivity index is 2.63. The van der Waals surface area contributed by atoms with Gasteiger partial charge in [-0.2, -0.15) is 0 Å². The summed E-state index contributed by atoms with van der Waals surface area (Å²) in [5, 5.41) is 7.35. The Hall–Kier alpha value is -1.76. The molecule has 7 heteroatoms. The molecule has 0 amide bonds. The Morgan fingerprint density at radius 2 is 2.07 bits per heavy atom. The topological polar surface area (TPSA) is 56.2 Å². The third-order valence-corrected chi connectivity index (χ3v) is 3.05. The normalized spacial score (nSPS) is 11.6. The Kier molecular flexibility index (Phi) is 1.50. The van der Waals surface area contributed by atoms with E-state index in [1.165, 1.54) is 10.5 Å². The fraction of sp³-hybridized carbons (Fsp3) is 0. The van der Waals surface area contributed by atoms with E-state index in [1.54, 1.807) is 0 Å². The lowest BCUT2D eigenvalue weighted by Crippen LogP contribution is -1.94. The molecule has 4 nitrogen and oxygen atoms in total. The number of nitrogens with zero attached hydrogens (tertiary/aromatic N) is 3. The summed E-state index contributed by atoms with van der Waals surface area (Å²) in [5.41, 5.74) is 5.75. The fourth-order valence-electron chi connectivity index (χ4n) is 1.49. The fourth-order valence-corrected chi connectivity index (χ4v) is 2.50. The van der Waals surface area contributed by atoms with Crippen LogP contribution in [0.15, 0.2) is 12.1 Å². The summed E-state index contributed by atoms with van der Waals surface area (Å²) in [7, 11) is 0. The van der Waals surface area contributed by atoms with Gasteiger partial charge in [-0.3, -0.25) is 0 Å². The van der Waals surface area contributed by atoms with Gasteiger partial charge in [-0.15, -0.1) is 10.2 Å². The number of aromatic nitrogens is 3. The van der Waals surface area contributed by atoms with Crippen LogP contribution in [0.5, 0.6) is 0 Å². The summed E-state index contributed by atoms with van der Waals surface area (Å²) in [6, 6.07) is 2.06.